The van der Waals surface area contributed by atoms with Crippen LogP contribution in [0.2, 0.25) is 0 Å². The SMILES string of the molecule is CCCC(N)=NCc1cn(C)nc1C. The number of rotatable bonds is 4. The lowest BCUT2D eigenvalue weighted by molar-refractivity contribution is 0.756. The van der Waals surface area contributed by atoms with Gasteiger partial charge in [0.25, 0.3) is 0 Å². The van der Waals surface area contributed by atoms with Gasteiger partial charge in [0, 0.05) is 25.2 Å². The second kappa shape index (κ2) is 4.79. The molecule has 2 N–H and O–H groups in total. The van der Waals surface area contributed by atoms with Crippen LogP contribution in [-0.4, -0.2) is 15.6 Å². The van der Waals surface area contributed by atoms with E-state index < -0.39 is 0 Å². The summed E-state index contributed by atoms with van der Waals surface area (Å²) in [5.41, 5.74) is 7.88. The smallest absolute Gasteiger partial charge is 0.0941 e. The summed E-state index contributed by atoms with van der Waals surface area (Å²) in [6.45, 7) is 4.73. The molecule has 0 aromatic carbocycles. The third-order valence-electron chi connectivity index (χ3n) is 2.07. The number of hydrogen-bond acceptors (Lipinski definition) is 2. The highest BCUT2D eigenvalue weighted by molar-refractivity contribution is 5.80. The summed E-state index contributed by atoms with van der Waals surface area (Å²) in [5, 5.41) is 4.24. The van der Waals surface area contributed by atoms with Crippen LogP contribution >= 0.6 is 0 Å². The molecule has 0 saturated carbocycles. The normalized spacial score (nSPS) is 12.1. The van der Waals surface area contributed by atoms with E-state index in [9.17, 15) is 0 Å². The lowest BCUT2D eigenvalue weighted by Crippen LogP contribution is -2.11. The maximum absolute atomic E-state index is 5.71. The fourth-order valence-electron chi connectivity index (χ4n) is 1.33. The van der Waals surface area contributed by atoms with Crippen molar-refractivity contribution >= 4 is 5.84 Å². The summed E-state index contributed by atoms with van der Waals surface area (Å²) in [6.07, 6.45) is 3.90. The summed E-state index contributed by atoms with van der Waals surface area (Å²) in [6, 6.07) is 0. The van der Waals surface area contributed by atoms with E-state index in [1.807, 2.05) is 20.2 Å². The van der Waals surface area contributed by atoms with Crippen LogP contribution in [0.1, 0.15) is 31.0 Å². The highest BCUT2D eigenvalue weighted by atomic mass is 15.2. The highest BCUT2D eigenvalue weighted by Gasteiger charge is 2.01. The van der Waals surface area contributed by atoms with Gasteiger partial charge in [-0.25, -0.2) is 0 Å². The molecule has 78 valence electrons. The Balaban J connectivity index is 2.61. The minimum absolute atomic E-state index is 0.644. The Kier molecular flexibility index (Phi) is 3.68. The molecule has 0 aliphatic rings. The maximum atomic E-state index is 5.71. The van der Waals surface area contributed by atoms with E-state index in [2.05, 4.69) is 17.0 Å². The third-order valence-corrected chi connectivity index (χ3v) is 2.07. The quantitative estimate of drug-likeness (QED) is 0.581. The Bertz CT molecular complexity index is 325. The lowest BCUT2D eigenvalue weighted by atomic mass is 10.2. The van der Waals surface area contributed by atoms with Gasteiger partial charge in [-0.15, -0.1) is 0 Å². The molecule has 0 fully saturated rings. The van der Waals surface area contributed by atoms with Crippen LogP contribution in [-0.2, 0) is 13.6 Å². The van der Waals surface area contributed by atoms with Gasteiger partial charge in [-0.3, -0.25) is 9.67 Å². The fraction of sp³-hybridized carbons (Fsp3) is 0.600. The predicted molar refractivity (Wildman–Crippen MR) is 58.2 cm³/mol. The molecule has 4 nitrogen and oxygen atoms in total. The van der Waals surface area contributed by atoms with E-state index in [0.29, 0.717) is 6.54 Å². The van der Waals surface area contributed by atoms with Crippen LogP contribution in [0.5, 0.6) is 0 Å². The van der Waals surface area contributed by atoms with E-state index in [1.165, 1.54) is 0 Å². The van der Waals surface area contributed by atoms with E-state index >= 15 is 0 Å². The molecule has 0 spiro atoms. The molecule has 1 rings (SSSR count). The molecule has 1 aromatic heterocycles. The van der Waals surface area contributed by atoms with Crippen molar-refractivity contribution < 1.29 is 0 Å². The van der Waals surface area contributed by atoms with Crippen LogP contribution in [0.4, 0.5) is 0 Å². The van der Waals surface area contributed by atoms with Crippen LogP contribution in [0.3, 0.4) is 0 Å². The van der Waals surface area contributed by atoms with Crippen LogP contribution < -0.4 is 5.73 Å². The average molecular weight is 194 g/mol. The van der Waals surface area contributed by atoms with Gasteiger partial charge in [0.1, 0.15) is 0 Å². The van der Waals surface area contributed by atoms with Gasteiger partial charge in [0.2, 0.25) is 0 Å². The zero-order chi connectivity index (χ0) is 10.6. The zero-order valence-electron chi connectivity index (χ0n) is 9.12. The van der Waals surface area contributed by atoms with Crippen molar-refractivity contribution in [2.75, 3.05) is 0 Å². The fourth-order valence-corrected chi connectivity index (χ4v) is 1.33. The standard InChI is InChI=1S/C10H18N4/c1-4-5-10(11)12-6-9-7-14(3)13-8(9)2/h7H,4-6H2,1-3H3,(H2,11,12). The van der Waals surface area contributed by atoms with Gasteiger partial charge in [-0.1, -0.05) is 6.92 Å². The van der Waals surface area contributed by atoms with Gasteiger partial charge >= 0.3 is 0 Å². The summed E-state index contributed by atoms with van der Waals surface area (Å²) in [5.74, 6) is 0.732. The number of hydrogen-bond donors (Lipinski definition) is 1. The molecule has 1 aromatic rings. The van der Waals surface area contributed by atoms with Crippen LogP contribution in [0.15, 0.2) is 11.2 Å². The van der Waals surface area contributed by atoms with Gasteiger partial charge in [-0.2, -0.15) is 5.10 Å². The number of amidine groups is 1. The van der Waals surface area contributed by atoms with Crippen molar-refractivity contribution in [3.63, 3.8) is 0 Å². The second-order valence-electron chi connectivity index (χ2n) is 3.47. The van der Waals surface area contributed by atoms with Gasteiger partial charge in [0.05, 0.1) is 18.1 Å². The van der Waals surface area contributed by atoms with Crippen molar-refractivity contribution in [3.8, 4) is 0 Å². The minimum Gasteiger partial charge on any atom is -0.387 e. The third kappa shape index (κ3) is 2.87. The Hall–Kier alpha value is -1.32. The molecule has 0 saturated heterocycles. The van der Waals surface area contributed by atoms with Gasteiger partial charge in [-0.05, 0) is 13.3 Å². The summed E-state index contributed by atoms with van der Waals surface area (Å²) in [4.78, 5) is 4.30. The Morgan fingerprint density at radius 2 is 2.36 bits per heavy atom. The Labute approximate surface area is 84.8 Å². The van der Waals surface area contributed by atoms with Crippen molar-refractivity contribution in [2.45, 2.75) is 33.2 Å². The number of nitrogens with zero attached hydrogens (tertiary/aromatic N) is 3. The van der Waals surface area contributed by atoms with E-state index in [4.69, 9.17) is 5.73 Å². The van der Waals surface area contributed by atoms with Gasteiger partial charge in [0.15, 0.2) is 0 Å². The summed E-state index contributed by atoms with van der Waals surface area (Å²) in [7, 11) is 1.91. The van der Waals surface area contributed by atoms with E-state index in [1.54, 1.807) is 4.68 Å². The van der Waals surface area contributed by atoms with Crippen molar-refractivity contribution in [2.24, 2.45) is 17.8 Å². The molecule has 14 heavy (non-hydrogen) atoms. The molecule has 0 aliphatic carbocycles. The minimum atomic E-state index is 0.644. The van der Waals surface area contributed by atoms with Crippen molar-refractivity contribution in [1.29, 1.82) is 0 Å². The topological polar surface area (TPSA) is 56.2 Å². The first-order valence-electron chi connectivity index (χ1n) is 4.91. The molecule has 0 atom stereocenters. The number of nitrogens with two attached hydrogens (primary N) is 1. The van der Waals surface area contributed by atoms with E-state index in [-0.39, 0.29) is 0 Å². The monoisotopic (exact) mass is 194 g/mol. The number of aromatic nitrogens is 2. The van der Waals surface area contributed by atoms with Crippen LogP contribution in [0, 0.1) is 6.92 Å². The van der Waals surface area contributed by atoms with Crippen molar-refractivity contribution in [3.05, 3.63) is 17.5 Å². The second-order valence-corrected chi connectivity index (χ2v) is 3.47. The predicted octanol–water partition coefficient (Wildman–Crippen LogP) is 1.39. The van der Waals surface area contributed by atoms with Crippen LogP contribution in [0.25, 0.3) is 0 Å². The average Bonchev–Trinajstić information content (AvgIpc) is 2.42. The first-order valence-corrected chi connectivity index (χ1v) is 4.91. The van der Waals surface area contributed by atoms with E-state index in [0.717, 1.165) is 29.9 Å². The van der Waals surface area contributed by atoms with Crippen molar-refractivity contribution in [1.82, 2.24) is 9.78 Å². The summed E-state index contributed by atoms with van der Waals surface area (Å²) < 4.78 is 1.80. The zero-order valence-corrected chi connectivity index (χ0v) is 9.12. The maximum Gasteiger partial charge on any atom is 0.0941 e. The largest absolute Gasteiger partial charge is 0.387 e. The molecule has 0 unspecified atom stereocenters. The first kappa shape index (κ1) is 10.8. The first-order chi connectivity index (χ1) is 6.63. The molecule has 0 amide bonds. The molecular formula is C10H18N4. The highest BCUT2D eigenvalue weighted by Crippen LogP contribution is 2.06. The summed E-state index contributed by atoms with van der Waals surface area (Å²) >= 11 is 0. The molecule has 0 radical (unpaired) electrons. The molecular weight excluding hydrogens is 176 g/mol. The lowest BCUT2D eigenvalue weighted by Gasteiger charge is -1.97. The molecule has 0 aliphatic heterocycles. The van der Waals surface area contributed by atoms with Gasteiger partial charge < -0.3 is 5.73 Å². The molecule has 4 heteroatoms. The number of aliphatic imine (C=N–C) groups is 1. The Morgan fingerprint density at radius 1 is 1.64 bits per heavy atom. The molecule has 0 bridgehead atoms. The Morgan fingerprint density at radius 3 is 2.86 bits per heavy atom. The molecule has 1 heterocycles. The number of aryl methyl sites for hydroxylation is 2.